The average molecular weight is 417 g/mol. The standard InChI is InChI=1S/C25H40N2O3/c1-7-9-10-11-12-17(4)27-14-13-20-18(5)21(15-22(28)29)19(6)23(24(20)27)26-25(30)16(3)8-2/h16-17H,7-15H2,1-6H3,(H,26,30)(H,28,29). The summed E-state index contributed by atoms with van der Waals surface area (Å²) in [5.41, 5.74) is 5.98. The molecule has 2 rings (SSSR count). The zero-order chi connectivity index (χ0) is 22.4. The first-order chi connectivity index (χ1) is 14.2. The van der Waals surface area contributed by atoms with E-state index in [9.17, 15) is 14.7 Å². The Morgan fingerprint density at radius 1 is 1.10 bits per heavy atom. The maximum atomic E-state index is 12.8. The van der Waals surface area contributed by atoms with Gasteiger partial charge in [0.2, 0.25) is 5.91 Å². The third-order valence-corrected chi connectivity index (χ3v) is 6.79. The van der Waals surface area contributed by atoms with Crippen molar-refractivity contribution in [3.8, 4) is 0 Å². The molecular weight excluding hydrogens is 376 g/mol. The number of nitrogens with zero attached hydrogens (tertiary/aromatic N) is 1. The minimum Gasteiger partial charge on any atom is -0.481 e. The van der Waals surface area contributed by atoms with Gasteiger partial charge in [-0.1, -0.05) is 46.5 Å². The quantitative estimate of drug-likeness (QED) is 0.458. The number of benzene rings is 1. The number of fused-ring (bicyclic) bond motifs is 1. The van der Waals surface area contributed by atoms with Crippen LogP contribution >= 0.6 is 0 Å². The molecule has 1 amide bonds. The lowest BCUT2D eigenvalue weighted by Crippen LogP contribution is -2.32. The largest absolute Gasteiger partial charge is 0.481 e. The van der Waals surface area contributed by atoms with Gasteiger partial charge in [-0.3, -0.25) is 9.59 Å². The normalized spacial score (nSPS) is 15.1. The van der Waals surface area contributed by atoms with Crippen LogP contribution in [0.15, 0.2) is 0 Å². The Hall–Kier alpha value is -2.04. The summed E-state index contributed by atoms with van der Waals surface area (Å²) in [6.45, 7) is 13.4. The summed E-state index contributed by atoms with van der Waals surface area (Å²) in [6.07, 6.45) is 7.78. The third kappa shape index (κ3) is 5.35. The number of aliphatic carboxylic acids is 1. The van der Waals surface area contributed by atoms with Gasteiger partial charge in [0.1, 0.15) is 0 Å². The lowest BCUT2D eigenvalue weighted by Gasteiger charge is -2.31. The molecule has 0 radical (unpaired) electrons. The van der Waals surface area contributed by atoms with Gasteiger partial charge in [0.15, 0.2) is 0 Å². The highest BCUT2D eigenvalue weighted by molar-refractivity contribution is 5.99. The first kappa shape index (κ1) is 24.2. The van der Waals surface area contributed by atoms with Crippen molar-refractivity contribution in [2.45, 2.75) is 99.0 Å². The molecule has 5 heteroatoms. The van der Waals surface area contributed by atoms with E-state index >= 15 is 0 Å². The molecule has 1 aromatic rings. The van der Waals surface area contributed by atoms with E-state index in [-0.39, 0.29) is 18.2 Å². The number of carboxylic acids is 1. The second-order valence-electron chi connectivity index (χ2n) is 8.94. The topological polar surface area (TPSA) is 69.6 Å². The smallest absolute Gasteiger partial charge is 0.307 e. The van der Waals surface area contributed by atoms with Crippen LogP contribution in [-0.2, 0) is 22.4 Å². The van der Waals surface area contributed by atoms with Gasteiger partial charge in [-0.25, -0.2) is 0 Å². The Kier molecular flexibility index (Phi) is 8.75. The fourth-order valence-electron chi connectivity index (χ4n) is 4.55. The summed E-state index contributed by atoms with van der Waals surface area (Å²) in [7, 11) is 0. The molecule has 168 valence electrons. The third-order valence-electron chi connectivity index (χ3n) is 6.79. The highest BCUT2D eigenvalue weighted by Gasteiger charge is 2.32. The molecule has 0 bridgehead atoms. The summed E-state index contributed by atoms with van der Waals surface area (Å²) in [6, 6.07) is 0.395. The molecular formula is C25H40N2O3. The molecule has 2 unspecified atom stereocenters. The highest BCUT2D eigenvalue weighted by atomic mass is 16.4. The zero-order valence-electron chi connectivity index (χ0n) is 19.7. The maximum absolute atomic E-state index is 12.8. The van der Waals surface area contributed by atoms with E-state index in [2.05, 4.69) is 24.1 Å². The van der Waals surface area contributed by atoms with Crippen LogP contribution in [0.4, 0.5) is 11.4 Å². The number of carbonyl (C=O) groups excluding carboxylic acids is 1. The lowest BCUT2D eigenvalue weighted by molar-refractivity contribution is -0.136. The number of anilines is 2. The van der Waals surface area contributed by atoms with Gasteiger partial charge in [-0.15, -0.1) is 0 Å². The minimum absolute atomic E-state index is 0.00961. The van der Waals surface area contributed by atoms with Crippen LogP contribution in [0.2, 0.25) is 0 Å². The molecule has 1 aliphatic heterocycles. The number of hydrogen-bond donors (Lipinski definition) is 2. The van der Waals surface area contributed by atoms with Gasteiger partial charge in [-0.05, 0) is 62.3 Å². The second-order valence-corrected chi connectivity index (χ2v) is 8.94. The molecule has 0 aromatic heterocycles. The predicted molar refractivity (Wildman–Crippen MR) is 125 cm³/mol. The molecule has 0 spiro atoms. The molecule has 0 fully saturated rings. The van der Waals surface area contributed by atoms with Crippen molar-refractivity contribution >= 4 is 23.3 Å². The van der Waals surface area contributed by atoms with Crippen molar-refractivity contribution in [1.82, 2.24) is 0 Å². The van der Waals surface area contributed by atoms with Crippen molar-refractivity contribution in [2.75, 3.05) is 16.8 Å². The summed E-state index contributed by atoms with van der Waals surface area (Å²) >= 11 is 0. The zero-order valence-corrected chi connectivity index (χ0v) is 19.7. The summed E-state index contributed by atoms with van der Waals surface area (Å²) < 4.78 is 0. The number of hydrogen-bond acceptors (Lipinski definition) is 3. The second kappa shape index (κ2) is 10.8. The van der Waals surface area contributed by atoms with Gasteiger partial charge in [-0.2, -0.15) is 0 Å². The predicted octanol–water partition coefficient (Wildman–Crippen LogP) is 5.64. The SMILES string of the molecule is CCCCCCC(C)N1CCc2c(C)c(CC(=O)O)c(C)c(NC(=O)C(C)CC)c21. The molecule has 2 N–H and O–H groups in total. The molecule has 2 atom stereocenters. The number of rotatable bonds is 11. The van der Waals surface area contributed by atoms with Crippen LogP contribution < -0.4 is 10.2 Å². The maximum Gasteiger partial charge on any atom is 0.307 e. The fourth-order valence-corrected chi connectivity index (χ4v) is 4.55. The van der Waals surface area contributed by atoms with Crippen LogP contribution in [0.1, 0.15) is 88.5 Å². The van der Waals surface area contributed by atoms with Crippen LogP contribution in [0.5, 0.6) is 0 Å². The van der Waals surface area contributed by atoms with Gasteiger partial charge >= 0.3 is 5.97 Å². The van der Waals surface area contributed by atoms with E-state index in [0.29, 0.717) is 6.04 Å². The van der Waals surface area contributed by atoms with Crippen LogP contribution in [0, 0.1) is 19.8 Å². The van der Waals surface area contributed by atoms with Crippen molar-refractivity contribution in [2.24, 2.45) is 5.92 Å². The van der Waals surface area contributed by atoms with Crippen molar-refractivity contribution in [1.29, 1.82) is 0 Å². The Morgan fingerprint density at radius 2 is 1.80 bits per heavy atom. The minimum atomic E-state index is -0.834. The molecule has 0 saturated heterocycles. The number of carbonyl (C=O) groups is 2. The average Bonchev–Trinajstić information content (AvgIpc) is 3.15. The molecule has 0 saturated carbocycles. The van der Waals surface area contributed by atoms with E-state index in [4.69, 9.17) is 0 Å². The van der Waals surface area contributed by atoms with Crippen LogP contribution in [0.3, 0.4) is 0 Å². The number of carboxylic acid groups (broad SMARTS) is 1. The van der Waals surface area contributed by atoms with E-state index < -0.39 is 5.97 Å². The first-order valence-corrected chi connectivity index (χ1v) is 11.7. The summed E-state index contributed by atoms with van der Waals surface area (Å²) in [5.74, 6) is -0.902. The Bertz CT molecular complexity index is 772. The monoisotopic (exact) mass is 416 g/mol. The summed E-state index contributed by atoms with van der Waals surface area (Å²) in [5, 5.41) is 12.6. The number of amides is 1. The van der Waals surface area contributed by atoms with Crippen molar-refractivity contribution in [3.05, 3.63) is 22.3 Å². The molecule has 1 aromatic carbocycles. The Balaban J connectivity index is 2.46. The van der Waals surface area contributed by atoms with Gasteiger partial charge in [0.25, 0.3) is 0 Å². The summed E-state index contributed by atoms with van der Waals surface area (Å²) in [4.78, 5) is 26.7. The molecule has 5 nitrogen and oxygen atoms in total. The van der Waals surface area contributed by atoms with Gasteiger partial charge < -0.3 is 15.3 Å². The van der Waals surface area contributed by atoms with E-state index in [1.54, 1.807) is 0 Å². The van der Waals surface area contributed by atoms with Crippen LogP contribution in [-0.4, -0.2) is 29.6 Å². The van der Waals surface area contributed by atoms with Crippen molar-refractivity contribution in [3.63, 3.8) is 0 Å². The van der Waals surface area contributed by atoms with Gasteiger partial charge in [0.05, 0.1) is 17.8 Å². The van der Waals surface area contributed by atoms with Gasteiger partial charge in [0, 0.05) is 18.5 Å². The first-order valence-electron chi connectivity index (χ1n) is 11.7. The lowest BCUT2D eigenvalue weighted by atomic mass is 9.91. The fraction of sp³-hybridized carbons (Fsp3) is 0.680. The van der Waals surface area contributed by atoms with E-state index in [0.717, 1.165) is 53.9 Å². The van der Waals surface area contributed by atoms with Crippen molar-refractivity contribution < 1.29 is 14.7 Å². The van der Waals surface area contributed by atoms with Crippen LogP contribution in [0.25, 0.3) is 0 Å². The van der Waals surface area contributed by atoms with E-state index in [1.165, 1.54) is 31.2 Å². The Labute approximate surface area is 182 Å². The Morgan fingerprint density at radius 3 is 2.40 bits per heavy atom. The highest BCUT2D eigenvalue weighted by Crippen LogP contribution is 2.44. The molecule has 0 aliphatic carbocycles. The molecule has 1 heterocycles. The van der Waals surface area contributed by atoms with E-state index in [1.807, 2.05) is 27.7 Å². The molecule has 1 aliphatic rings. The number of nitrogens with one attached hydrogen (secondary N) is 1. The number of unbranched alkanes of at least 4 members (excludes halogenated alkanes) is 3. The molecule has 30 heavy (non-hydrogen) atoms.